The third-order valence-corrected chi connectivity index (χ3v) is 4.48. The molecule has 0 fully saturated rings. The molecule has 1 aromatic rings. The first-order chi connectivity index (χ1) is 8.27. The third kappa shape index (κ3) is 5.63. The van der Waals surface area contributed by atoms with Gasteiger partial charge in [0.15, 0.2) is 0 Å². The average molecular weight is 312 g/mol. The quantitative estimate of drug-likeness (QED) is 0.631. The molecule has 0 saturated carbocycles. The van der Waals surface area contributed by atoms with Gasteiger partial charge in [-0.3, -0.25) is 0 Å². The highest BCUT2D eigenvalue weighted by Gasteiger charge is 2.07. The van der Waals surface area contributed by atoms with E-state index in [4.69, 9.17) is 0 Å². The summed E-state index contributed by atoms with van der Waals surface area (Å²) in [5.74, 6) is 7.15. The minimum atomic E-state index is 0.463. The molecule has 1 rings (SSSR count). The molecule has 0 aliphatic carbocycles. The summed E-state index contributed by atoms with van der Waals surface area (Å²) in [7, 11) is 0. The highest BCUT2D eigenvalue weighted by Crippen LogP contribution is 2.27. The van der Waals surface area contributed by atoms with Gasteiger partial charge in [-0.2, -0.15) is 0 Å². The van der Waals surface area contributed by atoms with E-state index < -0.39 is 0 Å². The van der Waals surface area contributed by atoms with Gasteiger partial charge in [-0.25, -0.2) is 0 Å². The van der Waals surface area contributed by atoms with Crippen molar-refractivity contribution in [1.82, 2.24) is 5.32 Å². The predicted molar refractivity (Wildman–Crippen MR) is 80.4 cm³/mol. The number of rotatable bonds is 6. The van der Waals surface area contributed by atoms with Crippen molar-refractivity contribution < 1.29 is 0 Å². The second-order valence-electron chi connectivity index (χ2n) is 3.63. The van der Waals surface area contributed by atoms with Crippen LogP contribution < -0.4 is 5.32 Å². The molecule has 0 bridgehead atoms. The van der Waals surface area contributed by atoms with E-state index in [9.17, 15) is 0 Å². The van der Waals surface area contributed by atoms with Crippen LogP contribution in [0.5, 0.6) is 0 Å². The van der Waals surface area contributed by atoms with Crippen molar-refractivity contribution in [1.29, 1.82) is 0 Å². The van der Waals surface area contributed by atoms with Gasteiger partial charge in [0, 0.05) is 27.6 Å². The highest BCUT2D eigenvalue weighted by molar-refractivity contribution is 9.10. The molecule has 1 nitrogen and oxygen atoms in total. The van der Waals surface area contributed by atoms with Gasteiger partial charge in [-0.15, -0.1) is 23.6 Å². The van der Waals surface area contributed by atoms with Crippen molar-refractivity contribution in [3.05, 3.63) is 28.7 Å². The molecule has 0 amide bonds. The minimum absolute atomic E-state index is 0.463. The monoisotopic (exact) mass is 311 g/mol. The Bertz CT molecular complexity index is 395. The molecule has 92 valence electrons. The highest BCUT2D eigenvalue weighted by atomic mass is 79.9. The molecule has 0 aliphatic heterocycles. The van der Waals surface area contributed by atoms with E-state index in [1.54, 1.807) is 0 Å². The number of hydrogen-bond donors (Lipinski definition) is 1. The molecule has 1 N–H and O–H groups in total. The van der Waals surface area contributed by atoms with Crippen molar-refractivity contribution in [2.75, 3.05) is 12.3 Å². The van der Waals surface area contributed by atoms with Crippen LogP contribution in [0.2, 0.25) is 0 Å². The van der Waals surface area contributed by atoms with Crippen LogP contribution in [0.3, 0.4) is 0 Å². The summed E-state index contributed by atoms with van der Waals surface area (Å²) in [6, 6.07) is 8.80. The zero-order valence-electron chi connectivity index (χ0n) is 10.3. The SMILES string of the molecule is CC#CCC(CSc1ccccc1Br)NCC. The lowest BCUT2D eigenvalue weighted by Crippen LogP contribution is -2.30. The van der Waals surface area contributed by atoms with Gasteiger partial charge in [0.2, 0.25) is 0 Å². The number of halogens is 1. The van der Waals surface area contributed by atoms with E-state index in [1.165, 1.54) is 9.37 Å². The molecule has 3 heteroatoms. The van der Waals surface area contributed by atoms with Crippen LogP contribution in [0, 0.1) is 11.8 Å². The Morgan fingerprint density at radius 3 is 2.82 bits per heavy atom. The van der Waals surface area contributed by atoms with Gasteiger partial charge in [0.1, 0.15) is 0 Å². The molecule has 17 heavy (non-hydrogen) atoms. The number of nitrogens with one attached hydrogen (secondary N) is 1. The van der Waals surface area contributed by atoms with E-state index in [-0.39, 0.29) is 0 Å². The maximum absolute atomic E-state index is 3.57. The Balaban J connectivity index is 2.50. The first kappa shape index (κ1) is 14.6. The van der Waals surface area contributed by atoms with Crippen LogP contribution in [0.25, 0.3) is 0 Å². The van der Waals surface area contributed by atoms with Crippen molar-refractivity contribution in [3.63, 3.8) is 0 Å². The molecule has 0 saturated heterocycles. The number of benzene rings is 1. The fourth-order valence-electron chi connectivity index (χ4n) is 1.46. The Morgan fingerprint density at radius 2 is 2.18 bits per heavy atom. The van der Waals surface area contributed by atoms with Crippen LogP contribution >= 0.6 is 27.7 Å². The summed E-state index contributed by atoms with van der Waals surface area (Å²) in [6.45, 7) is 5.02. The van der Waals surface area contributed by atoms with E-state index in [1.807, 2.05) is 24.8 Å². The molecular formula is C14H18BrNS. The normalized spacial score (nSPS) is 11.7. The maximum atomic E-state index is 3.57. The van der Waals surface area contributed by atoms with Crippen LogP contribution in [-0.2, 0) is 0 Å². The number of thioether (sulfide) groups is 1. The number of hydrogen-bond acceptors (Lipinski definition) is 2. The Labute approximate surface area is 117 Å². The summed E-state index contributed by atoms with van der Waals surface area (Å²) < 4.78 is 1.17. The topological polar surface area (TPSA) is 12.0 Å². The molecule has 1 aromatic carbocycles. The maximum Gasteiger partial charge on any atom is 0.0311 e. The fraction of sp³-hybridized carbons (Fsp3) is 0.429. The van der Waals surface area contributed by atoms with Gasteiger partial charge in [0.25, 0.3) is 0 Å². The fourth-order valence-corrected chi connectivity index (χ4v) is 3.08. The summed E-state index contributed by atoms with van der Waals surface area (Å²) >= 11 is 5.44. The van der Waals surface area contributed by atoms with E-state index >= 15 is 0 Å². The minimum Gasteiger partial charge on any atom is -0.312 e. The van der Waals surface area contributed by atoms with Crippen LogP contribution in [0.4, 0.5) is 0 Å². The first-order valence-corrected chi connectivity index (χ1v) is 7.56. The lowest BCUT2D eigenvalue weighted by atomic mass is 10.2. The van der Waals surface area contributed by atoms with E-state index in [0.717, 1.165) is 18.7 Å². The molecule has 1 unspecified atom stereocenters. The van der Waals surface area contributed by atoms with Crippen molar-refractivity contribution >= 4 is 27.7 Å². The smallest absolute Gasteiger partial charge is 0.0311 e. The second-order valence-corrected chi connectivity index (χ2v) is 5.54. The largest absolute Gasteiger partial charge is 0.312 e. The molecule has 0 radical (unpaired) electrons. The molecule has 1 atom stereocenters. The van der Waals surface area contributed by atoms with Crippen molar-refractivity contribution in [2.24, 2.45) is 0 Å². The summed E-state index contributed by atoms with van der Waals surface area (Å²) in [4.78, 5) is 1.29. The van der Waals surface area contributed by atoms with Gasteiger partial charge in [0.05, 0.1) is 0 Å². The Kier molecular flexibility index (Phi) is 7.43. The molecule has 0 heterocycles. The lowest BCUT2D eigenvalue weighted by Gasteiger charge is -2.15. The van der Waals surface area contributed by atoms with Gasteiger partial charge in [-0.05, 0) is 41.5 Å². The first-order valence-electron chi connectivity index (χ1n) is 5.78. The summed E-state index contributed by atoms with van der Waals surface area (Å²) in [6.07, 6.45) is 0.918. The molecule has 0 spiro atoms. The van der Waals surface area contributed by atoms with Crippen LogP contribution in [0.1, 0.15) is 20.3 Å². The van der Waals surface area contributed by atoms with Crippen LogP contribution in [0.15, 0.2) is 33.6 Å². The van der Waals surface area contributed by atoms with Gasteiger partial charge >= 0.3 is 0 Å². The van der Waals surface area contributed by atoms with E-state index in [0.29, 0.717) is 6.04 Å². The van der Waals surface area contributed by atoms with E-state index in [2.05, 4.69) is 58.2 Å². The third-order valence-electron chi connectivity index (χ3n) is 2.29. The van der Waals surface area contributed by atoms with Gasteiger partial charge < -0.3 is 5.32 Å². The standard InChI is InChI=1S/C14H18BrNS/c1-3-5-8-12(16-4-2)11-17-14-10-7-6-9-13(14)15/h6-7,9-10,12,16H,4,8,11H2,1-2H3. The van der Waals surface area contributed by atoms with Crippen molar-refractivity contribution in [2.45, 2.75) is 31.2 Å². The molecule has 0 aliphatic rings. The summed E-state index contributed by atoms with van der Waals surface area (Å²) in [5.41, 5.74) is 0. The molecular weight excluding hydrogens is 294 g/mol. The van der Waals surface area contributed by atoms with Gasteiger partial charge in [-0.1, -0.05) is 19.1 Å². The molecule has 0 aromatic heterocycles. The van der Waals surface area contributed by atoms with Crippen molar-refractivity contribution in [3.8, 4) is 11.8 Å². The second kappa shape index (κ2) is 8.63. The predicted octanol–water partition coefficient (Wildman–Crippen LogP) is 3.93. The zero-order chi connectivity index (χ0) is 12.5. The zero-order valence-corrected chi connectivity index (χ0v) is 12.7. The Hall–Kier alpha value is -0.430. The average Bonchev–Trinajstić information content (AvgIpc) is 2.34. The lowest BCUT2D eigenvalue weighted by molar-refractivity contribution is 0.588. The summed E-state index contributed by atoms with van der Waals surface area (Å²) in [5, 5.41) is 3.47. The Morgan fingerprint density at radius 1 is 1.41 bits per heavy atom. The van der Waals surface area contributed by atoms with Crippen LogP contribution in [-0.4, -0.2) is 18.3 Å².